The number of nitrogens with zero attached hydrogens (tertiary/aromatic N) is 2. The summed E-state index contributed by atoms with van der Waals surface area (Å²) < 4.78 is 10.5. The summed E-state index contributed by atoms with van der Waals surface area (Å²) in [5.41, 5.74) is 9.93. The molecule has 1 aliphatic heterocycles. The molecular formula is C14H23N5O2. The van der Waals surface area contributed by atoms with Gasteiger partial charge in [-0.2, -0.15) is 5.53 Å². The predicted octanol–water partition coefficient (Wildman–Crippen LogP) is 1.19. The van der Waals surface area contributed by atoms with Gasteiger partial charge in [-0.3, -0.25) is 10.4 Å². The number of hydrogen-bond acceptors (Lipinski definition) is 5. The normalized spacial score (nSPS) is 16.1. The molecule has 0 atom stereocenters. The first-order valence-corrected chi connectivity index (χ1v) is 7.08. The Balaban J connectivity index is 2.02. The van der Waals surface area contributed by atoms with E-state index in [1.807, 2.05) is 23.2 Å². The minimum atomic E-state index is 0.564. The van der Waals surface area contributed by atoms with Crippen LogP contribution in [-0.4, -0.2) is 31.7 Å². The molecular weight excluding hydrogens is 270 g/mol. The number of guanidine groups is 1. The van der Waals surface area contributed by atoms with Crippen molar-refractivity contribution in [3.63, 3.8) is 0 Å². The fraction of sp³-hybridized carbons (Fsp3) is 0.500. The van der Waals surface area contributed by atoms with Crippen LogP contribution in [0.4, 0.5) is 0 Å². The van der Waals surface area contributed by atoms with E-state index in [9.17, 15) is 0 Å². The molecule has 1 aromatic rings. The molecule has 0 unspecified atom stereocenters. The topological polar surface area (TPSA) is 70.2 Å². The van der Waals surface area contributed by atoms with Crippen molar-refractivity contribution >= 4 is 5.96 Å². The van der Waals surface area contributed by atoms with Crippen LogP contribution in [0.5, 0.6) is 11.5 Å². The van der Waals surface area contributed by atoms with Crippen LogP contribution < -0.4 is 26.0 Å². The molecule has 7 nitrogen and oxygen atoms in total. The average molecular weight is 293 g/mol. The van der Waals surface area contributed by atoms with Gasteiger partial charge in [0.1, 0.15) is 0 Å². The molecule has 0 aliphatic carbocycles. The summed E-state index contributed by atoms with van der Waals surface area (Å²) in [5.74, 6) is 2.23. The Bertz CT molecular complexity index is 492. The van der Waals surface area contributed by atoms with Gasteiger partial charge < -0.3 is 9.47 Å². The van der Waals surface area contributed by atoms with Crippen molar-refractivity contribution in [1.29, 1.82) is 0 Å². The van der Waals surface area contributed by atoms with Crippen molar-refractivity contribution < 1.29 is 9.47 Å². The van der Waals surface area contributed by atoms with Crippen LogP contribution in [0.25, 0.3) is 0 Å². The lowest BCUT2D eigenvalue weighted by atomic mass is 10.2. The molecule has 1 fully saturated rings. The number of hydrogen-bond donors (Lipinski definition) is 3. The molecule has 3 N–H and O–H groups in total. The predicted molar refractivity (Wildman–Crippen MR) is 81.7 cm³/mol. The van der Waals surface area contributed by atoms with E-state index < -0.39 is 0 Å². The highest BCUT2D eigenvalue weighted by Crippen LogP contribution is 2.27. The number of unbranched alkanes of at least 4 members (excludes halogenated alkanes) is 1. The summed E-state index contributed by atoms with van der Waals surface area (Å²) in [6.45, 7) is 3.63. The maximum Gasteiger partial charge on any atom is 0.225 e. The lowest BCUT2D eigenvalue weighted by Gasteiger charge is -2.15. The van der Waals surface area contributed by atoms with Gasteiger partial charge in [-0.1, -0.05) is 19.4 Å². The smallest absolute Gasteiger partial charge is 0.225 e. The Hall–Kier alpha value is -1.99. The maximum absolute atomic E-state index is 5.30. The molecule has 1 saturated heterocycles. The van der Waals surface area contributed by atoms with E-state index in [1.54, 1.807) is 14.2 Å². The summed E-state index contributed by atoms with van der Waals surface area (Å²) in [4.78, 5) is 4.57. The Morgan fingerprint density at radius 2 is 2.00 bits per heavy atom. The third kappa shape index (κ3) is 3.99. The molecule has 21 heavy (non-hydrogen) atoms. The first kappa shape index (κ1) is 15.4. The van der Waals surface area contributed by atoms with Crippen molar-refractivity contribution in [2.75, 3.05) is 20.8 Å². The van der Waals surface area contributed by atoms with E-state index in [1.165, 1.54) is 0 Å². The number of hydrazine groups is 3. The summed E-state index contributed by atoms with van der Waals surface area (Å²) in [7, 11) is 3.26. The monoisotopic (exact) mass is 293 g/mol. The van der Waals surface area contributed by atoms with E-state index in [4.69, 9.17) is 9.47 Å². The second kappa shape index (κ2) is 7.70. The molecule has 7 heteroatoms. The fourth-order valence-electron chi connectivity index (χ4n) is 2.02. The molecule has 0 radical (unpaired) electrons. The van der Waals surface area contributed by atoms with Crippen molar-refractivity contribution in [3.05, 3.63) is 23.8 Å². The SMILES string of the molecule is CCCCN1NNNC1=NCc1ccc(OC)c(OC)c1. The second-order valence-corrected chi connectivity index (χ2v) is 4.70. The standard InChI is InChI=1S/C14H23N5O2/c1-4-5-8-19-14(16-17-18-19)15-10-11-6-7-12(20-2)13(9-11)21-3/h6-7,9,17-18H,4-5,8,10H2,1-3H3,(H,15,16). The molecule has 0 spiro atoms. The lowest BCUT2D eigenvalue weighted by Crippen LogP contribution is -2.38. The first-order chi connectivity index (χ1) is 10.3. The van der Waals surface area contributed by atoms with Crippen LogP contribution in [0.1, 0.15) is 25.3 Å². The Morgan fingerprint density at radius 3 is 2.71 bits per heavy atom. The fourth-order valence-corrected chi connectivity index (χ4v) is 2.02. The van der Waals surface area contributed by atoms with Gasteiger partial charge in [0.05, 0.1) is 20.8 Å². The van der Waals surface area contributed by atoms with Crippen LogP contribution in [0.2, 0.25) is 0 Å². The van der Waals surface area contributed by atoms with E-state index in [0.717, 1.165) is 36.7 Å². The summed E-state index contributed by atoms with van der Waals surface area (Å²) in [6, 6.07) is 5.81. The van der Waals surface area contributed by atoms with Gasteiger partial charge in [-0.25, -0.2) is 4.99 Å². The van der Waals surface area contributed by atoms with E-state index in [2.05, 4.69) is 28.4 Å². The molecule has 1 aromatic carbocycles. The van der Waals surface area contributed by atoms with Gasteiger partial charge in [0, 0.05) is 6.54 Å². The Labute approximate surface area is 125 Å². The molecule has 1 aliphatic rings. The number of aliphatic imine (C=N–C) groups is 1. The van der Waals surface area contributed by atoms with E-state index in [0.29, 0.717) is 12.3 Å². The zero-order valence-corrected chi connectivity index (χ0v) is 12.8. The van der Waals surface area contributed by atoms with Crippen molar-refractivity contribution in [2.24, 2.45) is 4.99 Å². The summed E-state index contributed by atoms with van der Waals surface area (Å²) >= 11 is 0. The number of benzene rings is 1. The maximum atomic E-state index is 5.30. The summed E-state index contributed by atoms with van der Waals surface area (Å²) in [6.07, 6.45) is 2.24. The number of methoxy groups -OCH3 is 2. The van der Waals surface area contributed by atoms with Crippen LogP contribution in [0, 0.1) is 0 Å². The second-order valence-electron chi connectivity index (χ2n) is 4.70. The van der Waals surface area contributed by atoms with Gasteiger partial charge in [-0.15, -0.1) is 5.53 Å². The third-order valence-electron chi connectivity index (χ3n) is 3.22. The van der Waals surface area contributed by atoms with Crippen LogP contribution in [0.3, 0.4) is 0 Å². The van der Waals surface area contributed by atoms with Gasteiger partial charge in [-0.05, 0) is 24.1 Å². The quantitative estimate of drug-likeness (QED) is 0.701. The first-order valence-electron chi connectivity index (χ1n) is 7.08. The highest BCUT2D eigenvalue weighted by molar-refractivity contribution is 5.80. The van der Waals surface area contributed by atoms with E-state index >= 15 is 0 Å². The molecule has 2 rings (SSSR count). The third-order valence-corrected chi connectivity index (χ3v) is 3.22. The lowest BCUT2D eigenvalue weighted by molar-refractivity contribution is 0.296. The number of ether oxygens (including phenoxy) is 2. The molecule has 1 heterocycles. The average Bonchev–Trinajstić information content (AvgIpc) is 2.97. The van der Waals surface area contributed by atoms with Gasteiger partial charge in [0.15, 0.2) is 11.5 Å². The number of rotatable bonds is 7. The van der Waals surface area contributed by atoms with Gasteiger partial charge >= 0.3 is 0 Å². The zero-order valence-electron chi connectivity index (χ0n) is 12.8. The molecule has 116 valence electrons. The molecule has 0 aromatic heterocycles. The Morgan fingerprint density at radius 1 is 1.19 bits per heavy atom. The molecule has 0 saturated carbocycles. The highest BCUT2D eigenvalue weighted by Gasteiger charge is 2.16. The largest absolute Gasteiger partial charge is 0.493 e. The minimum absolute atomic E-state index is 0.564. The Kier molecular flexibility index (Phi) is 5.65. The van der Waals surface area contributed by atoms with Crippen LogP contribution in [-0.2, 0) is 6.54 Å². The molecule has 0 bridgehead atoms. The molecule has 0 amide bonds. The number of nitrogens with one attached hydrogen (secondary N) is 3. The van der Waals surface area contributed by atoms with Crippen molar-refractivity contribution in [2.45, 2.75) is 26.3 Å². The van der Waals surface area contributed by atoms with Gasteiger partial charge in [0.2, 0.25) is 5.96 Å². The highest BCUT2D eigenvalue weighted by atomic mass is 16.5. The van der Waals surface area contributed by atoms with E-state index in [-0.39, 0.29) is 0 Å². The zero-order chi connectivity index (χ0) is 15.1. The van der Waals surface area contributed by atoms with Crippen LogP contribution in [0.15, 0.2) is 23.2 Å². The minimum Gasteiger partial charge on any atom is -0.493 e. The van der Waals surface area contributed by atoms with Gasteiger partial charge in [0.25, 0.3) is 0 Å². The van der Waals surface area contributed by atoms with Crippen molar-refractivity contribution in [1.82, 2.24) is 21.5 Å². The van der Waals surface area contributed by atoms with Crippen molar-refractivity contribution in [3.8, 4) is 11.5 Å². The summed E-state index contributed by atoms with van der Waals surface area (Å²) in [5, 5.41) is 1.96. The van der Waals surface area contributed by atoms with Crippen LogP contribution >= 0.6 is 0 Å².